The standard InChI is InChI=1S/C13H15N3O3/c1-8-2-3-9-10(6-8)13(19)16(12(9)18)5-4-15-11(17)7-14/h2-3,6H,4-5,7,14H2,1H3,(H,15,17). The number of imide groups is 1. The van der Waals surface area contributed by atoms with E-state index in [2.05, 4.69) is 5.32 Å². The van der Waals surface area contributed by atoms with Gasteiger partial charge in [0.2, 0.25) is 5.91 Å². The van der Waals surface area contributed by atoms with E-state index in [1.165, 1.54) is 0 Å². The van der Waals surface area contributed by atoms with Crippen LogP contribution in [0, 0.1) is 6.92 Å². The largest absolute Gasteiger partial charge is 0.353 e. The Kier molecular flexibility index (Phi) is 3.62. The molecule has 0 unspecified atom stereocenters. The van der Waals surface area contributed by atoms with Crippen molar-refractivity contribution in [2.24, 2.45) is 5.73 Å². The normalized spacial score (nSPS) is 13.7. The van der Waals surface area contributed by atoms with Crippen molar-refractivity contribution in [1.82, 2.24) is 10.2 Å². The van der Waals surface area contributed by atoms with Crippen molar-refractivity contribution in [1.29, 1.82) is 0 Å². The van der Waals surface area contributed by atoms with Gasteiger partial charge in [0, 0.05) is 13.1 Å². The van der Waals surface area contributed by atoms with E-state index in [1.54, 1.807) is 18.2 Å². The maximum atomic E-state index is 12.1. The number of rotatable bonds is 4. The maximum absolute atomic E-state index is 12.1. The van der Waals surface area contributed by atoms with Gasteiger partial charge in [0.15, 0.2) is 0 Å². The summed E-state index contributed by atoms with van der Waals surface area (Å²) in [6, 6.07) is 5.15. The zero-order chi connectivity index (χ0) is 14.0. The molecule has 1 heterocycles. The van der Waals surface area contributed by atoms with Crippen LogP contribution < -0.4 is 11.1 Å². The Labute approximate surface area is 110 Å². The highest BCUT2D eigenvalue weighted by Crippen LogP contribution is 2.23. The summed E-state index contributed by atoms with van der Waals surface area (Å²) in [5, 5.41) is 2.53. The average molecular weight is 261 g/mol. The van der Waals surface area contributed by atoms with Crippen molar-refractivity contribution in [2.45, 2.75) is 6.92 Å². The lowest BCUT2D eigenvalue weighted by Gasteiger charge is -2.13. The van der Waals surface area contributed by atoms with Crippen molar-refractivity contribution < 1.29 is 14.4 Å². The number of hydrogen-bond donors (Lipinski definition) is 2. The number of amides is 3. The molecule has 0 fully saturated rings. The lowest BCUT2D eigenvalue weighted by Crippen LogP contribution is -2.39. The number of nitrogens with zero attached hydrogens (tertiary/aromatic N) is 1. The second kappa shape index (κ2) is 5.19. The fourth-order valence-corrected chi connectivity index (χ4v) is 1.99. The number of carbonyl (C=O) groups excluding carboxylic acids is 3. The quantitative estimate of drug-likeness (QED) is 0.726. The highest BCUT2D eigenvalue weighted by molar-refractivity contribution is 6.21. The summed E-state index contributed by atoms with van der Waals surface area (Å²) in [5.74, 6) is -0.944. The molecule has 2 rings (SSSR count). The zero-order valence-electron chi connectivity index (χ0n) is 10.6. The molecule has 0 atom stereocenters. The summed E-state index contributed by atoms with van der Waals surface area (Å²) in [7, 11) is 0. The van der Waals surface area contributed by atoms with Gasteiger partial charge in [-0.1, -0.05) is 11.6 Å². The Hall–Kier alpha value is -2.21. The van der Waals surface area contributed by atoms with Crippen molar-refractivity contribution >= 4 is 17.7 Å². The number of nitrogens with two attached hydrogens (primary N) is 1. The first-order valence-electron chi connectivity index (χ1n) is 5.98. The third kappa shape index (κ3) is 2.48. The van der Waals surface area contributed by atoms with Crippen LogP contribution in [0.15, 0.2) is 18.2 Å². The first-order chi connectivity index (χ1) is 9.04. The van der Waals surface area contributed by atoms with Crippen LogP contribution >= 0.6 is 0 Å². The Bertz CT molecular complexity index is 554. The molecule has 1 aromatic rings. The number of benzene rings is 1. The number of aryl methyl sites for hydroxylation is 1. The molecular formula is C13H15N3O3. The molecule has 6 heteroatoms. The SMILES string of the molecule is Cc1ccc2c(c1)C(=O)N(CCNC(=O)CN)C2=O. The summed E-state index contributed by atoms with van der Waals surface area (Å²) in [6.07, 6.45) is 0. The number of nitrogens with one attached hydrogen (secondary N) is 1. The minimum absolute atomic E-state index is 0.110. The van der Waals surface area contributed by atoms with Crippen LogP contribution in [0.1, 0.15) is 26.3 Å². The molecule has 0 radical (unpaired) electrons. The van der Waals surface area contributed by atoms with E-state index in [1.807, 2.05) is 6.92 Å². The van der Waals surface area contributed by atoms with E-state index in [-0.39, 0.29) is 37.4 Å². The highest BCUT2D eigenvalue weighted by Gasteiger charge is 2.34. The van der Waals surface area contributed by atoms with Crippen LogP contribution in [0.5, 0.6) is 0 Å². The van der Waals surface area contributed by atoms with Crippen LogP contribution in [0.3, 0.4) is 0 Å². The van der Waals surface area contributed by atoms with Crippen LogP contribution in [-0.2, 0) is 4.79 Å². The predicted octanol–water partition coefficient (Wildman–Crippen LogP) is -0.334. The minimum atomic E-state index is -0.318. The summed E-state index contributed by atoms with van der Waals surface area (Å²) in [6.45, 7) is 2.11. The molecule has 0 bridgehead atoms. The maximum Gasteiger partial charge on any atom is 0.261 e. The van der Waals surface area contributed by atoms with Crippen molar-refractivity contribution in [3.05, 3.63) is 34.9 Å². The van der Waals surface area contributed by atoms with Gasteiger partial charge in [-0.15, -0.1) is 0 Å². The molecule has 1 aliphatic rings. The van der Waals surface area contributed by atoms with Gasteiger partial charge < -0.3 is 11.1 Å². The third-order valence-corrected chi connectivity index (χ3v) is 2.97. The van der Waals surface area contributed by atoms with Crippen LogP contribution in [0.4, 0.5) is 0 Å². The Morgan fingerprint density at radius 3 is 2.63 bits per heavy atom. The van der Waals surface area contributed by atoms with E-state index >= 15 is 0 Å². The summed E-state index contributed by atoms with van der Waals surface area (Å²) < 4.78 is 0. The molecule has 1 aromatic carbocycles. The van der Waals surface area contributed by atoms with Gasteiger partial charge in [-0.25, -0.2) is 0 Å². The van der Waals surface area contributed by atoms with Crippen LogP contribution in [-0.4, -0.2) is 42.3 Å². The average Bonchev–Trinajstić information content (AvgIpc) is 2.63. The Morgan fingerprint density at radius 1 is 1.26 bits per heavy atom. The fourth-order valence-electron chi connectivity index (χ4n) is 1.99. The van der Waals surface area contributed by atoms with Crippen LogP contribution in [0.25, 0.3) is 0 Å². The van der Waals surface area contributed by atoms with Gasteiger partial charge in [-0.3, -0.25) is 19.3 Å². The Morgan fingerprint density at radius 2 is 1.95 bits per heavy atom. The zero-order valence-corrected chi connectivity index (χ0v) is 10.6. The molecule has 0 saturated heterocycles. The number of carbonyl (C=O) groups is 3. The molecule has 0 aliphatic carbocycles. The molecule has 1 aliphatic heterocycles. The molecule has 0 saturated carbocycles. The van der Waals surface area contributed by atoms with Crippen molar-refractivity contribution in [3.8, 4) is 0 Å². The van der Waals surface area contributed by atoms with Crippen molar-refractivity contribution in [2.75, 3.05) is 19.6 Å². The minimum Gasteiger partial charge on any atom is -0.353 e. The predicted molar refractivity (Wildman–Crippen MR) is 68.6 cm³/mol. The molecule has 0 spiro atoms. The topological polar surface area (TPSA) is 92.5 Å². The molecule has 3 N–H and O–H groups in total. The molecule has 6 nitrogen and oxygen atoms in total. The molecule has 0 aromatic heterocycles. The monoisotopic (exact) mass is 261 g/mol. The van der Waals surface area contributed by atoms with Crippen LogP contribution in [0.2, 0.25) is 0 Å². The molecular weight excluding hydrogens is 246 g/mol. The van der Waals surface area contributed by atoms with E-state index in [9.17, 15) is 14.4 Å². The smallest absolute Gasteiger partial charge is 0.261 e. The van der Waals surface area contributed by atoms with Crippen molar-refractivity contribution in [3.63, 3.8) is 0 Å². The third-order valence-electron chi connectivity index (χ3n) is 2.97. The summed E-state index contributed by atoms with van der Waals surface area (Å²) in [5.41, 5.74) is 6.92. The lowest BCUT2D eigenvalue weighted by atomic mass is 10.1. The number of hydrogen-bond acceptors (Lipinski definition) is 4. The number of fused-ring (bicyclic) bond motifs is 1. The van der Waals surface area contributed by atoms with E-state index < -0.39 is 0 Å². The Balaban J connectivity index is 2.08. The summed E-state index contributed by atoms with van der Waals surface area (Å²) >= 11 is 0. The van der Waals surface area contributed by atoms with Gasteiger partial charge in [0.05, 0.1) is 17.7 Å². The lowest BCUT2D eigenvalue weighted by molar-refractivity contribution is -0.119. The van der Waals surface area contributed by atoms with Gasteiger partial charge in [0.25, 0.3) is 11.8 Å². The second-order valence-electron chi connectivity index (χ2n) is 4.37. The van der Waals surface area contributed by atoms with E-state index in [0.29, 0.717) is 11.1 Å². The van der Waals surface area contributed by atoms with E-state index in [0.717, 1.165) is 10.5 Å². The van der Waals surface area contributed by atoms with Gasteiger partial charge in [0.1, 0.15) is 0 Å². The fraction of sp³-hybridized carbons (Fsp3) is 0.308. The molecule has 19 heavy (non-hydrogen) atoms. The first-order valence-corrected chi connectivity index (χ1v) is 5.98. The molecule has 100 valence electrons. The van der Waals surface area contributed by atoms with E-state index in [4.69, 9.17) is 5.73 Å². The summed E-state index contributed by atoms with van der Waals surface area (Å²) in [4.78, 5) is 36.2. The van der Waals surface area contributed by atoms with Gasteiger partial charge >= 0.3 is 0 Å². The molecule has 3 amide bonds. The highest BCUT2D eigenvalue weighted by atomic mass is 16.2. The first kappa shape index (κ1) is 13.2. The van der Waals surface area contributed by atoms with Gasteiger partial charge in [-0.2, -0.15) is 0 Å². The second-order valence-corrected chi connectivity index (χ2v) is 4.37. The van der Waals surface area contributed by atoms with Gasteiger partial charge in [-0.05, 0) is 19.1 Å².